The molecule has 3 heteroatoms. The Morgan fingerprint density at radius 1 is 1.82 bits per heavy atom. The van der Waals surface area contributed by atoms with Crippen molar-refractivity contribution in [3.8, 4) is 10.8 Å². The average Bonchev–Trinajstić information content (AvgIpc) is 2.69. The largest absolute Gasteiger partial charge is 0.469 e. The van der Waals surface area contributed by atoms with Crippen molar-refractivity contribution in [3.05, 3.63) is 0 Å². The Morgan fingerprint density at radius 2 is 2.55 bits per heavy atom. The van der Waals surface area contributed by atoms with Crippen molar-refractivity contribution in [3.63, 3.8) is 0 Å². The molecule has 0 heterocycles. The lowest BCUT2D eigenvalue weighted by atomic mass is 10.2. The van der Waals surface area contributed by atoms with Crippen LogP contribution < -0.4 is 0 Å². The maximum atomic E-state index is 10.7. The highest BCUT2D eigenvalue weighted by molar-refractivity contribution is 9.12. The molecule has 0 N–H and O–H groups in total. The van der Waals surface area contributed by atoms with E-state index in [0.29, 0.717) is 18.3 Å². The van der Waals surface area contributed by atoms with Gasteiger partial charge in [0.05, 0.1) is 7.11 Å². The maximum absolute atomic E-state index is 10.7. The molecule has 1 fully saturated rings. The second kappa shape index (κ2) is 3.77. The van der Waals surface area contributed by atoms with Gasteiger partial charge in [0, 0.05) is 28.3 Å². The van der Waals surface area contributed by atoms with Gasteiger partial charge in [-0.15, -0.1) is 0 Å². The highest BCUT2D eigenvalue weighted by Crippen LogP contribution is 2.40. The molecule has 0 aromatic rings. The van der Waals surface area contributed by atoms with E-state index >= 15 is 0 Å². The summed E-state index contributed by atoms with van der Waals surface area (Å²) < 4.78 is 4.53. The summed E-state index contributed by atoms with van der Waals surface area (Å²) in [6, 6.07) is 0. The topological polar surface area (TPSA) is 26.3 Å². The molecule has 1 saturated carbocycles. The highest BCUT2D eigenvalue weighted by Gasteiger charge is 2.37. The number of carbonyl (C=O) groups is 1. The van der Waals surface area contributed by atoms with Gasteiger partial charge in [0.1, 0.15) is 0 Å². The molecular weight excluding hydrogens is 208 g/mol. The second-order valence-corrected chi connectivity index (χ2v) is 3.02. The summed E-state index contributed by atoms with van der Waals surface area (Å²) in [6.07, 6.45) is 1.55. The molecule has 60 valence electrons. The first-order valence-electron chi connectivity index (χ1n) is 3.46. The number of methoxy groups -OCH3 is 1. The number of halogens is 1. The van der Waals surface area contributed by atoms with E-state index in [2.05, 4.69) is 31.4 Å². The third kappa shape index (κ3) is 2.55. The van der Waals surface area contributed by atoms with Crippen LogP contribution in [-0.4, -0.2) is 13.1 Å². The van der Waals surface area contributed by atoms with Gasteiger partial charge in [0.15, 0.2) is 0 Å². The molecular formula is C8H9BrO2. The first kappa shape index (κ1) is 8.61. The molecule has 0 radical (unpaired) electrons. The lowest BCUT2D eigenvalue weighted by Gasteiger charge is -1.94. The second-order valence-electron chi connectivity index (χ2n) is 2.62. The van der Waals surface area contributed by atoms with Gasteiger partial charge in [-0.25, -0.2) is 0 Å². The Kier molecular flexibility index (Phi) is 2.95. The van der Waals surface area contributed by atoms with Gasteiger partial charge in [0.25, 0.3) is 0 Å². The van der Waals surface area contributed by atoms with Crippen molar-refractivity contribution in [2.75, 3.05) is 7.11 Å². The number of esters is 1. The zero-order valence-corrected chi connectivity index (χ0v) is 7.85. The monoisotopic (exact) mass is 216 g/mol. The number of ether oxygens (including phenoxy) is 1. The van der Waals surface area contributed by atoms with Gasteiger partial charge in [-0.3, -0.25) is 4.79 Å². The minimum atomic E-state index is -0.131. The van der Waals surface area contributed by atoms with Gasteiger partial charge in [-0.1, -0.05) is 5.92 Å². The van der Waals surface area contributed by atoms with Gasteiger partial charge >= 0.3 is 5.97 Å². The summed E-state index contributed by atoms with van der Waals surface area (Å²) in [5, 5.41) is 0. The smallest absolute Gasteiger partial charge is 0.305 e. The summed E-state index contributed by atoms with van der Waals surface area (Å²) in [5.74, 6) is 3.68. The normalized spacial score (nSPS) is 26.7. The average molecular weight is 217 g/mol. The molecule has 2 nitrogen and oxygen atoms in total. The summed E-state index contributed by atoms with van der Waals surface area (Å²) in [7, 11) is 1.41. The summed E-state index contributed by atoms with van der Waals surface area (Å²) in [5.41, 5.74) is 0. The molecule has 2 atom stereocenters. The molecule has 0 amide bonds. The van der Waals surface area contributed by atoms with Crippen molar-refractivity contribution in [2.24, 2.45) is 11.8 Å². The Balaban J connectivity index is 2.21. The van der Waals surface area contributed by atoms with E-state index < -0.39 is 0 Å². The SMILES string of the molecule is COC(=O)C[C@@H]1C[C@@H]1C#CBr. The summed E-state index contributed by atoms with van der Waals surface area (Å²) >= 11 is 3.02. The van der Waals surface area contributed by atoms with E-state index in [1.807, 2.05) is 0 Å². The van der Waals surface area contributed by atoms with E-state index in [0.717, 1.165) is 6.42 Å². The summed E-state index contributed by atoms with van der Waals surface area (Å²) in [6.45, 7) is 0. The molecule has 0 bridgehead atoms. The van der Waals surface area contributed by atoms with Crippen molar-refractivity contribution in [2.45, 2.75) is 12.8 Å². The molecule has 0 spiro atoms. The third-order valence-corrected chi connectivity index (χ3v) is 2.05. The van der Waals surface area contributed by atoms with Crippen molar-refractivity contribution in [1.29, 1.82) is 0 Å². The van der Waals surface area contributed by atoms with Crippen molar-refractivity contribution >= 4 is 21.9 Å². The zero-order chi connectivity index (χ0) is 8.27. The molecule has 0 aliphatic heterocycles. The van der Waals surface area contributed by atoms with Crippen LogP contribution in [0.4, 0.5) is 0 Å². The predicted octanol–water partition coefficient (Wildman–Crippen LogP) is 1.54. The fourth-order valence-corrected chi connectivity index (χ4v) is 1.31. The van der Waals surface area contributed by atoms with Crippen molar-refractivity contribution < 1.29 is 9.53 Å². The van der Waals surface area contributed by atoms with Gasteiger partial charge in [-0.2, -0.15) is 0 Å². The van der Waals surface area contributed by atoms with E-state index in [9.17, 15) is 4.79 Å². The van der Waals surface area contributed by atoms with Crippen LogP contribution in [0.25, 0.3) is 0 Å². The van der Waals surface area contributed by atoms with E-state index in [-0.39, 0.29) is 5.97 Å². The lowest BCUT2D eigenvalue weighted by molar-refractivity contribution is -0.141. The van der Waals surface area contributed by atoms with Gasteiger partial charge in [0.2, 0.25) is 0 Å². The number of rotatable bonds is 2. The Morgan fingerprint density at radius 3 is 3.09 bits per heavy atom. The van der Waals surface area contributed by atoms with Crippen LogP contribution in [0, 0.1) is 22.6 Å². The van der Waals surface area contributed by atoms with Gasteiger partial charge < -0.3 is 4.74 Å². The van der Waals surface area contributed by atoms with Crippen LogP contribution in [0.2, 0.25) is 0 Å². The molecule has 11 heavy (non-hydrogen) atoms. The number of carbonyl (C=O) groups excluding carboxylic acids is 1. The van der Waals surface area contributed by atoms with Crippen LogP contribution in [0.15, 0.2) is 0 Å². The van der Waals surface area contributed by atoms with Crippen LogP contribution in [0.5, 0.6) is 0 Å². The van der Waals surface area contributed by atoms with Crippen LogP contribution in [0.3, 0.4) is 0 Å². The molecule has 0 aromatic heterocycles. The lowest BCUT2D eigenvalue weighted by Crippen LogP contribution is -2.01. The maximum Gasteiger partial charge on any atom is 0.305 e. The van der Waals surface area contributed by atoms with Crippen LogP contribution in [0.1, 0.15) is 12.8 Å². The minimum absolute atomic E-state index is 0.131. The summed E-state index contributed by atoms with van der Waals surface area (Å²) in [4.78, 5) is 13.4. The van der Waals surface area contributed by atoms with Crippen LogP contribution in [-0.2, 0) is 9.53 Å². The highest BCUT2D eigenvalue weighted by atomic mass is 79.9. The van der Waals surface area contributed by atoms with E-state index in [1.54, 1.807) is 0 Å². The predicted molar refractivity (Wildman–Crippen MR) is 44.9 cm³/mol. The molecule has 1 aliphatic rings. The minimum Gasteiger partial charge on any atom is -0.469 e. The molecule has 1 rings (SSSR count). The number of hydrogen-bond acceptors (Lipinski definition) is 2. The Bertz CT molecular complexity index is 214. The molecule has 0 aromatic carbocycles. The fraction of sp³-hybridized carbons (Fsp3) is 0.625. The van der Waals surface area contributed by atoms with E-state index in [1.165, 1.54) is 7.11 Å². The van der Waals surface area contributed by atoms with Gasteiger partial charge in [-0.05, 0) is 17.2 Å². The molecule has 0 saturated heterocycles. The molecule has 0 unspecified atom stereocenters. The Labute approximate surface area is 74.4 Å². The van der Waals surface area contributed by atoms with E-state index in [4.69, 9.17) is 0 Å². The standard InChI is InChI=1S/C8H9BrO2/c1-11-8(10)5-7-4-6(7)2-3-9/h6-7H,4-5H2,1H3/t6-,7-/m0/s1. The Hall–Kier alpha value is -0.490. The third-order valence-electron chi connectivity index (χ3n) is 1.82. The first-order valence-corrected chi connectivity index (χ1v) is 4.25. The van der Waals surface area contributed by atoms with Crippen LogP contribution >= 0.6 is 15.9 Å². The first-order chi connectivity index (χ1) is 5.27. The van der Waals surface area contributed by atoms with Crippen molar-refractivity contribution in [1.82, 2.24) is 0 Å². The quantitative estimate of drug-likeness (QED) is 0.518. The zero-order valence-electron chi connectivity index (χ0n) is 6.26. The molecule has 1 aliphatic carbocycles. The fourth-order valence-electron chi connectivity index (χ4n) is 1.02. The number of hydrogen-bond donors (Lipinski definition) is 0.